The van der Waals surface area contributed by atoms with Gasteiger partial charge < -0.3 is 20.5 Å². The van der Waals surface area contributed by atoms with Crippen LogP contribution in [0.25, 0.3) is 0 Å². The van der Waals surface area contributed by atoms with Gasteiger partial charge in [-0.1, -0.05) is 25.3 Å². The summed E-state index contributed by atoms with van der Waals surface area (Å²) in [6, 6.07) is 0. The number of unbranched alkanes of at least 4 members (excludes halogenated alkanes) is 3. The lowest BCUT2D eigenvalue weighted by molar-refractivity contribution is -0.137. The smallest absolute Gasteiger partial charge is 0.303 e. The van der Waals surface area contributed by atoms with E-state index in [0.717, 1.165) is 51.4 Å². The Morgan fingerprint density at radius 3 is 2.36 bits per heavy atom. The molecule has 2 aliphatic rings. The van der Waals surface area contributed by atoms with Crippen LogP contribution in [0.1, 0.15) is 64.7 Å². The molecule has 2 aliphatic heterocycles. The summed E-state index contributed by atoms with van der Waals surface area (Å²) in [6.07, 6.45) is 12.1. The molecule has 3 N–H and O–H groups in total. The number of carbonyl (C=O) groups excluding carboxylic acids is 2. The third kappa shape index (κ3) is 7.26. The Labute approximate surface area is 167 Å². The quantitative estimate of drug-likeness (QED) is 0.329. The Hall–Kier alpha value is -1.89. The number of rotatable bonds is 13. The Balaban J connectivity index is 1.64. The van der Waals surface area contributed by atoms with Gasteiger partial charge in [0.25, 0.3) is 0 Å². The number of fused-ring (bicyclic) bond motifs is 2. The molecule has 0 aromatic carbocycles. The van der Waals surface area contributed by atoms with Gasteiger partial charge in [-0.3, -0.25) is 14.4 Å². The molecule has 2 heterocycles. The minimum Gasteiger partial charge on any atom is -0.481 e. The van der Waals surface area contributed by atoms with E-state index >= 15 is 0 Å². The van der Waals surface area contributed by atoms with E-state index in [4.69, 9.17) is 9.84 Å². The summed E-state index contributed by atoms with van der Waals surface area (Å²) >= 11 is 0. The maximum Gasteiger partial charge on any atom is 0.303 e. The molecule has 2 rings (SSSR count). The van der Waals surface area contributed by atoms with Gasteiger partial charge in [-0.05, 0) is 56.9 Å². The molecule has 7 heteroatoms. The van der Waals surface area contributed by atoms with Crippen LogP contribution in [0.5, 0.6) is 0 Å². The summed E-state index contributed by atoms with van der Waals surface area (Å²) in [4.78, 5) is 33.8. The average Bonchev–Trinajstić information content (AvgIpc) is 3.25. The lowest BCUT2D eigenvalue weighted by atomic mass is 9.75. The standard InChI is InChI=1S/C21H34N2O5/c1-2-7-19(24)23-14-20(25)22-13-12-16-15(17-10-11-18(16)28-17)8-5-3-4-6-9-21(26)27/h2,7,15-18H,3-6,8-14H2,1H3,(H,22,25)(H,23,24)(H,26,27)/b7-2+. The van der Waals surface area contributed by atoms with E-state index in [2.05, 4.69) is 10.6 Å². The summed E-state index contributed by atoms with van der Waals surface area (Å²) < 4.78 is 6.12. The molecule has 0 aromatic heterocycles. The fraction of sp³-hybridized carbons (Fsp3) is 0.762. The minimum atomic E-state index is -0.718. The molecular weight excluding hydrogens is 360 g/mol. The predicted octanol–water partition coefficient (Wildman–Crippen LogP) is 2.40. The Morgan fingerprint density at radius 2 is 1.68 bits per heavy atom. The molecule has 2 saturated heterocycles. The van der Waals surface area contributed by atoms with Crippen LogP contribution < -0.4 is 10.6 Å². The van der Waals surface area contributed by atoms with Gasteiger partial charge in [0.15, 0.2) is 0 Å². The average molecular weight is 395 g/mol. The lowest BCUT2D eigenvalue weighted by Gasteiger charge is -2.28. The third-order valence-electron chi connectivity index (χ3n) is 5.81. The second kappa shape index (κ2) is 11.8. The highest BCUT2D eigenvalue weighted by Gasteiger charge is 2.47. The molecule has 2 bridgehead atoms. The van der Waals surface area contributed by atoms with Crippen molar-refractivity contribution in [1.82, 2.24) is 10.6 Å². The van der Waals surface area contributed by atoms with Crippen LogP contribution in [0.15, 0.2) is 12.2 Å². The lowest BCUT2D eigenvalue weighted by Crippen LogP contribution is -2.38. The molecule has 28 heavy (non-hydrogen) atoms. The summed E-state index contributed by atoms with van der Waals surface area (Å²) in [7, 11) is 0. The van der Waals surface area contributed by atoms with Crippen molar-refractivity contribution < 1.29 is 24.2 Å². The molecule has 158 valence electrons. The molecule has 0 aliphatic carbocycles. The van der Waals surface area contributed by atoms with Crippen LogP contribution in [0.2, 0.25) is 0 Å². The highest BCUT2D eigenvalue weighted by Crippen LogP contribution is 2.46. The molecule has 7 nitrogen and oxygen atoms in total. The summed E-state index contributed by atoms with van der Waals surface area (Å²) in [5.41, 5.74) is 0. The number of carboxylic acids is 1. The number of ether oxygens (including phenoxy) is 1. The second-order valence-corrected chi connectivity index (χ2v) is 7.82. The fourth-order valence-corrected chi connectivity index (χ4v) is 4.50. The van der Waals surface area contributed by atoms with E-state index in [1.54, 1.807) is 13.0 Å². The predicted molar refractivity (Wildman–Crippen MR) is 106 cm³/mol. The summed E-state index contributed by atoms with van der Waals surface area (Å²) in [5, 5.41) is 14.1. The van der Waals surface area contributed by atoms with Crippen molar-refractivity contribution in [3.63, 3.8) is 0 Å². The van der Waals surface area contributed by atoms with Gasteiger partial charge in [0.1, 0.15) is 0 Å². The fourth-order valence-electron chi connectivity index (χ4n) is 4.50. The summed E-state index contributed by atoms with van der Waals surface area (Å²) in [6.45, 7) is 2.35. The van der Waals surface area contributed by atoms with Crippen LogP contribution in [-0.4, -0.2) is 48.2 Å². The zero-order valence-corrected chi connectivity index (χ0v) is 16.8. The zero-order chi connectivity index (χ0) is 20.4. The maximum atomic E-state index is 11.9. The molecule has 0 aromatic rings. The first-order chi connectivity index (χ1) is 13.5. The van der Waals surface area contributed by atoms with Crippen molar-refractivity contribution in [2.75, 3.05) is 13.1 Å². The van der Waals surface area contributed by atoms with E-state index in [1.165, 1.54) is 6.08 Å². The third-order valence-corrected chi connectivity index (χ3v) is 5.81. The maximum absolute atomic E-state index is 11.9. The highest BCUT2D eigenvalue weighted by atomic mass is 16.5. The zero-order valence-electron chi connectivity index (χ0n) is 16.8. The molecule has 0 saturated carbocycles. The molecule has 0 spiro atoms. The Bertz CT molecular complexity index is 563. The van der Waals surface area contributed by atoms with Gasteiger partial charge in [-0.15, -0.1) is 0 Å². The molecule has 4 atom stereocenters. The number of carbonyl (C=O) groups is 3. The largest absolute Gasteiger partial charge is 0.481 e. The van der Waals surface area contributed by atoms with Crippen LogP contribution in [0, 0.1) is 11.8 Å². The topological polar surface area (TPSA) is 105 Å². The minimum absolute atomic E-state index is 0.00380. The van der Waals surface area contributed by atoms with Crippen molar-refractivity contribution in [2.24, 2.45) is 11.8 Å². The number of amides is 2. The number of aliphatic carboxylic acids is 1. The Morgan fingerprint density at radius 1 is 1.00 bits per heavy atom. The van der Waals surface area contributed by atoms with Crippen molar-refractivity contribution in [2.45, 2.75) is 76.9 Å². The summed E-state index contributed by atoms with van der Waals surface area (Å²) in [5.74, 6) is -0.121. The van der Waals surface area contributed by atoms with E-state index < -0.39 is 5.97 Å². The van der Waals surface area contributed by atoms with Gasteiger partial charge in [0, 0.05) is 13.0 Å². The van der Waals surface area contributed by atoms with Gasteiger partial charge in [-0.25, -0.2) is 0 Å². The molecule has 0 radical (unpaired) electrons. The second-order valence-electron chi connectivity index (χ2n) is 7.82. The van der Waals surface area contributed by atoms with Gasteiger partial charge >= 0.3 is 5.97 Å². The molecule has 2 fully saturated rings. The van der Waals surface area contributed by atoms with Crippen molar-refractivity contribution in [3.8, 4) is 0 Å². The molecular formula is C21H34N2O5. The monoisotopic (exact) mass is 394 g/mol. The first-order valence-corrected chi connectivity index (χ1v) is 10.6. The van der Waals surface area contributed by atoms with Crippen molar-refractivity contribution in [1.29, 1.82) is 0 Å². The van der Waals surface area contributed by atoms with Crippen LogP contribution in [0.3, 0.4) is 0 Å². The first kappa shape index (κ1) is 22.4. The van der Waals surface area contributed by atoms with Gasteiger partial charge in [-0.2, -0.15) is 0 Å². The number of nitrogens with one attached hydrogen (secondary N) is 2. The van der Waals surface area contributed by atoms with Crippen LogP contribution in [-0.2, 0) is 19.1 Å². The van der Waals surface area contributed by atoms with E-state index in [1.807, 2.05) is 0 Å². The molecule has 4 unspecified atom stereocenters. The van der Waals surface area contributed by atoms with Crippen molar-refractivity contribution in [3.05, 3.63) is 12.2 Å². The van der Waals surface area contributed by atoms with Crippen molar-refractivity contribution >= 4 is 17.8 Å². The van der Waals surface area contributed by atoms with Crippen LogP contribution >= 0.6 is 0 Å². The van der Waals surface area contributed by atoms with Gasteiger partial charge in [0.2, 0.25) is 11.8 Å². The number of hydrogen-bond acceptors (Lipinski definition) is 4. The van der Waals surface area contributed by atoms with Crippen LogP contribution in [0.4, 0.5) is 0 Å². The molecule has 2 amide bonds. The van der Waals surface area contributed by atoms with E-state index in [0.29, 0.717) is 30.6 Å². The highest BCUT2D eigenvalue weighted by molar-refractivity contribution is 5.91. The number of hydrogen-bond donors (Lipinski definition) is 3. The number of carboxylic acid groups (broad SMARTS) is 1. The Kier molecular flexibility index (Phi) is 9.47. The number of allylic oxidation sites excluding steroid dienone is 1. The normalized spacial score (nSPS) is 25.9. The van der Waals surface area contributed by atoms with E-state index in [9.17, 15) is 14.4 Å². The van der Waals surface area contributed by atoms with Gasteiger partial charge in [0.05, 0.1) is 18.8 Å². The SMILES string of the molecule is C/C=C/C(=O)NCC(=O)NCCC1C2CCC(O2)C1CCCCCCC(=O)O. The van der Waals surface area contributed by atoms with E-state index in [-0.39, 0.29) is 24.8 Å². The first-order valence-electron chi connectivity index (χ1n) is 10.6.